The van der Waals surface area contributed by atoms with E-state index in [1.54, 1.807) is 0 Å². The molecule has 0 aromatic carbocycles. The van der Waals surface area contributed by atoms with Crippen LogP contribution >= 0.6 is 0 Å². The third-order valence-electron chi connectivity index (χ3n) is 5.36. The molecule has 2 fully saturated rings. The van der Waals surface area contributed by atoms with Gasteiger partial charge < -0.3 is 9.47 Å². The molecule has 2 rings (SSSR count). The summed E-state index contributed by atoms with van der Waals surface area (Å²) in [6.45, 7) is 15.7. The van der Waals surface area contributed by atoms with Crippen molar-refractivity contribution in [2.75, 3.05) is 26.4 Å². The van der Waals surface area contributed by atoms with E-state index in [-0.39, 0.29) is 0 Å². The first kappa shape index (κ1) is 15.3. The van der Waals surface area contributed by atoms with E-state index in [1.165, 1.54) is 19.3 Å². The summed E-state index contributed by atoms with van der Waals surface area (Å²) in [7, 11) is 0. The number of hydrogen-bond donors (Lipinski definition) is 0. The smallest absolute Gasteiger partial charge is 0.0500 e. The Hall–Kier alpha value is -0.0800. The van der Waals surface area contributed by atoms with Gasteiger partial charge in [-0.05, 0) is 47.8 Å². The normalized spacial score (nSPS) is 33.6. The highest BCUT2D eigenvalue weighted by Gasteiger charge is 2.38. The van der Waals surface area contributed by atoms with Gasteiger partial charge in [-0.1, -0.05) is 34.6 Å². The van der Waals surface area contributed by atoms with Crippen LogP contribution in [0.15, 0.2) is 0 Å². The van der Waals surface area contributed by atoms with Crippen LogP contribution in [0.1, 0.15) is 53.9 Å². The van der Waals surface area contributed by atoms with E-state index in [0.717, 1.165) is 38.3 Å². The fraction of sp³-hybridized carbons (Fsp3) is 1.00. The van der Waals surface area contributed by atoms with E-state index in [1.807, 2.05) is 0 Å². The second kappa shape index (κ2) is 5.73. The van der Waals surface area contributed by atoms with Crippen LogP contribution in [0, 0.1) is 28.6 Å². The van der Waals surface area contributed by atoms with Gasteiger partial charge in [-0.2, -0.15) is 0 Å². The maximum Gasteiger partial charge on any atom is 0.0500 e. The van der Waals surface area contributed by atoms with Crippen molar-refractivity contribution in [2.45, 2.75) is 53.9 Å². The van der Waals surface area contributed by atoms with Gasteiger partial charge in [0.25, 0.3) is 0 Å². The van der Waals surface area contributed by atoms with Crippen LogP contribution in [-0.4, -0.2) is 26.4 Å². The highest BCUT2D eigenvalue weighted by atomic mass is 16.5. The average molecular weight is 268 g/mol. The molecule has 0 aromatic rings. The highest BCUT2D eigenvalue weighted by molar-refractivity contribution is 4.87. The zero-order valence-electron chi connectivity index (χ0n) is 13.5. The molecule has 0 N–H and O–H groups in total. The fourth-order valence-corrected chi connectivity index (χ4v) is 3.72. The van der Waals surface area contributed by atoms with Crippen molar-refractivity contribution in [1.82, 2.24) is 0 Å². The van der Waals surface area contributed by atoms with Crippen molar-refractivity contribution in [1.29, 1.82) is 0 Å². The third-order valence-corrected chi connectivity index (χ3v) is 5.36. The van der Waals surface area contributed by atoms with Gasteiger partial charge in [-0.25, -0.2) is 0 Å². The summed E-state index contributed by atoms with van der Waals surface area (Å²) in [5.41, 5.74) is 0.767. The molecule has 2 aliphatic heterocycles. The first-order chi connectivity index (χ1) is 8.79. The molecule has 2 saturated heterocycles. The third kappa shape index (κ3) is 3.95. The first-order valence-corrected chi connectivity index (χ1v) is 7.94. The molecule has 0 saturated carbocycles. The highest BCUT2D eigenvalue weighted by Crippen LogP contribution is 2.43. The lowest BCUT2D eigenvalue weighted by atomic mass is 9.68. The molecule has 0 spiro atoms. The van der Waals surface area contributed by atoms with Crippen LogP contribution < -0.4 is 0 Å². The van der Waals surface area contributed by atoms with Gasteiger partial charge >= 0.3 is 0 Å². The Bertz CT molecular complexity index is 284. The van der Waals surface area contributed by atoms with Crippen LogP contribution in [0.4, 0.5) is 0 Å². The zero-order valence-corrected chi connectivity index (χ0v) is 13.5. The van der Waals surface area contributed by atoms with Crippen LogP contribution in [0.2, 0.25) is 0 Å². The van der Waals surface area contributed by atoms with Crippen molar-refractivity contribution in [2.24, 2.45) is 28.6 Å². The van der Waals surface area contributed by atoms with Gasteiger partial charge in [0.05, 0.1) is 0 Å². The molecule has 2 heteroatoms. The summed E-state index contributed by atoms with van der Waals surface area (Å²) in [5.74, 6) is 2.18. The van der Waals surface area contributed by atoms with Crippen molar-refractivity contribution >= 4 is 0 Å². The number of ether oxygens (including phenoxy) is 2. The minimum Gasteiger partial charge on any atom is -0.381 e. The van der Waals surface area contributed by atoms with Gasteiger partial charge in [-0.15, -0.1) is 0 Å². The van der Waals surface area contributed by atoms with Gasteiger partial charge in [-0.3, -0.25) is 0 Å². The van der Waals surface area contributed by atoms with E-state index >= 15 is 0 Å². The van der Waals surface area contributed by atoms with Crippen LogP contribution in [0.3, 0.4) is 0 Å². The predicted octanol–water partition coefficient (Wildman–Crippen LogP) is 4.14. The van der Waals surface area contributed by atoms with Gasteiger partial charge in [0.2, 0.25) is 0 Å². The second-order valence-corrected chi connectivity index (χ2v) is 8.46. The molecule has 1 unspecified atom stereocenters. The maximum atomic E-state index is 5.90. The number of hydrogen-bond acceptors (Lipinski definition) is 2. The molecular formula is C17H32O2. The Kier molecular flexibility index (Phi) is 4.62. The van der Waals surface area contributed by atoms with Gasteiger partial charge in [0.15, 0.2) is 0 Å². The largest absolute Gasteiger partial charge is 0.381 e. The van der Waals surface area contributed by atoms with E-state index in [2.05, 4.69) is 34.6 Å². The SMILES string of the molecule is CC(C)(C)[C@@H]1COCC(CC(C)(C)[C@@H]2CCOC2)C1. The molecule has 0 amide bonds. The van der Waals surface area contributed by atoms with Gasteiger partial charge in [0.1, 0.15) is 0 Å². The van der Waals surface area contributed by atoms with E-state index in [4.69, 9.17) is 9.47 Å². The maximum absolute atomic E-state index is 5.90. The molecular weight excluding hydrogens is 236 g/mol. The standard InChI is InChI=1S/C17H32O2/c1-16(2,3)15-8-13(10-19-12-15)9-17(4,5)14-6-7-18-11-14/h13-15H,6-12H2,1-5H3/t13?,14-,15+/m1/s1. The Morgan fingerprint density at radius 1 is 0.895 bits per heavy atom. The molecule has 0 radical (unpaired) electrons. The van der Waals surface area contributed by atoms with E-state index in [9.17, 15) is 0 Å². The molecule has 0 aromatic heterocycles. The Balaban J connectivity index is 1.91. The molecule has 2 nitrogen and oxygen atoms in total. The predicted molar refractivity (Wildman–Crippen MR) is 79.2 cm³/mol. The lowest BCUT2D eigenvalue weighted by Gasteiger charge is -2.41. The quantitative estimate of drug-likeness (QED) is 0.766. The minimum absolute atomic E-state index is 0.374. The van der Waals surface area contributed by atoms with Crippen molar-refractivity contribution in [3.63, 3.8) is 0 Å². The summed E-state index contributed by atoms with van der Waals surface area (Å²) in [6.07, 6.45) is 3.86. The van der Waals surface area contributed by atoms with E-state index in [0.29, 0.717) is 16.7 Å². The topological polar surface area (TPSA) is 18.5 Å². The molecule has 19 heavy (non-hydrogen) atoms. The van der Waals surface area contributed by atoms with Crippen LogP contribution in [0.25, 0.3) is 0 Å². The first-order valence-electron chi connectivity index (χ1n) is 7.94. The Morgan fingerprint density at radius 2 is 1.58 bits per heavy atom. The van der Waals surface area contributed by atoms with Crippen molar-refractivity contribution in [3.8, 4) is 0 Å². The fourth-order valence-electron chi connectivity index (χ4n) is 3.72. The lowest BCUT2D eigenvalue weighted by molar-refractivity contribution is -0.0398. The summed E-state index contributed by atoms with van der Waals surface area (Å²) in [5, 5.41) is 0. The van der Waals surface area contributed by atoms with Crippen LogP contribution in [0.5, 0.6) is 0 Å². The lowest BCUT2D eigenvalue weighted by Crippen LogP contribution is -2.37. The molecule has 2 aliphatic rings. The average Bonchev–Trinajstić information content (AvgIpc) is 2.81. The molecule has 0 aliphatic carbocycles. The monoisotopic (exact) mass is 268 g/mol. The number of rotatable bonds is 3. The van der Waals surface area contributed by atoms with Crippen molar-refractivity contribution < 1.29 is 9.47 Å². The minimum atomic E-state index is 0.374. The summed E-state index contributed by atoms with van der Waals surface area (Å²) < 4.78 is 11.5. The van der Waals surface area contributed by atoms with Gasteiger partial charge in [0, 0.05) is 26.4 Å². The molecule has 0 bridgehead atoms. The van der Waals surface area contributed by atoms with Crippen molar-refractivity contribution in [3.05, 3.63) is 0 Å². The molecule has 3 atom stereocenters. The summed E-state index contributed by atoms with van der Waals surface area (Å²) >= 11 is 0. The Morgan fingerprint density at radius 3 is 2.16 bits per heavy atom. The summed E-state index contributed by atoms with van der Waals surface area (Å²) in [6, 6.07) is 0. The zero-order chi connectivity index (χ0) is 14.1. The second-order valence-electron chi connectivity index (χ2n) is 8.46. The van der Waals surface area contributed by atoms with Crippen LogP contribution in [-0.2, 0) is 9.47 Å². The molecule has 2 heterocycles. The Labute approximate surface area is 119 Å². The van der Waals surface area contributed by atoms with E-state index < -0.39 is 0 Å². The summed E-state index contributed by atoms with van der Waals surface area (Å²) in [4.78, 5) is 0. The molecule has 112 valence electrons.